The molecule has 3 fully saturated rings. The van der Waals surface area contributed by atoms with Crippen LogP contribution in [0.25, 0.3) is 11.3 Å². The fourth-order valence-electron chi connectivity index (χ4n) is 5.02. The molecule has 30 heavy (non-hydrogen) atoms. The molecule has 2 saturated heterocycles. The summed E-state index contributed by atoms with van der Waals surface area (Å²) in [7, 11) is 2.11. The summed E-state index contributed by atoms with van der Waals surface area (Å²) in [5, 5.41) is 2.90. The summed E-state index contributed by atoms with van der Waals surface area (Å²) in [6.45, 7) is 7.56. The van der Waals surface area contributed by atoms with Crippen molar-refractivity contribution in [3.05, 3.63) is 42.2 Å². The van der Waals surface area contributed by atoms with Crippen molar-refractivity contribution in [1.82, 2.24) is 14.8 Å². The molecule has 0 spiro atoms. The van der Waals surface area contributed by atoms with Crippen LogP contribution in [0.2, 0.25) is 0 Å². The number of hydrogen-bond donors (Lipinski definition) is 2. The summed E-state index contributed by atoms with van der Waals surface area (Å²) in [5.74, 6) is -0.133. The third-order valence-corrected chi connectivity index (χ3v) is 6.81. The highest BCUT2D eigenvalue weighted by atomic mass is 19.1. The summed E-state index contributed by atoms with van der Waals surface area (Å²) in [4.78, 5) is 26.6. The van der Waals surface area contributed by atoms with Gasteiger partial charge >= 0.3 is 0 Å². The fraction of sp³-hybridized carbons (Fsp3) is 0.409. The minimum atomic E-state index is -0.401. The number of benzene rings is 1. The zero-order valence-corrected chi connectivity index (χ0v) is 16.9. The van der Waals surface area contributed by atoms with Crippen LogP contribution in [-0.4, -0.2) is 72.2 Å². The van der Waals surface area contributed by atoms with E-state index in [-0.39, 0.29) is 23.6 Å². The second-order valence-electron chi connectivity index (χ2n) is 8.67. The van der Waals surface area contributed by atoms with Crippen LogP contribution in [0.5, 0.6) is 0 Å². The van der Waals surface area contributed by atoms with Crippen molar-refractivity contribution in [2.45, 2.75) is 11.6 Å². The molecule has 3 atom stereocenters. The Bertz CT molecular complexity index is 1010. The number of carbonyl (C=O) groups excluding carboxylic acids is 1. The highest BCUT2D eigenvalue weighted by Gasteiger charge is 2.72. The van der Waals surface area contributed by atoms with Gasteiger partial charge in [0.15, 0.2) is 5.82 Å². The monoisotopic (exact) mass is 408 g/mol. The number of aromatic nitrogens is 1. The lowest BCUT2D eigenvalue weighted by atomic mass is 10.1. The van der Waals surface area contributed by atoms with Gasteiger partial charge in [0, 0.05) is 43.7 Å². The normalized spacial score (nSPS) is 28.6. The van der Waals surface area contributed by atoms with Crippen molar-refractivity contribution in [3.63, 3.8) is 0 Å². The summed E-state index contributed by atoms with van der Waals surface area (Å²) >= 11 is 0. The molecule has 1 saturated carbocycles. The minimum absolute atomic E-state index is 0.117. The van der Waals surface area contributed by atoms with E-state index in [1.807, 2.05) is 0 Å². The van der Waals surface area contributed by atoms with E-state index in [1.54, 1.807) is 24.3 Å². The number of aliphatic imine (C=N–C) groups is 1. The zero-order valence-electron chi connectivity index (χ0n) is 16.9. The van der Waals surface area contributed by atoms with Crippen LogP contribution in [0.4, 0.5) is 15.9 Å². The molecule has 1 aromatic carbocycles. The van der Waals surface area contributed by atoms with Crippen molar-refractivity contribution in [1.29, 1.82) is 0 Å². The fourth-order valence-corrected chi connectivity index (χ4v) is 5.02. The van der Waals surface area contributed by atoms with Crippen LogP contribution in [-0.2, 0) is 4.79 Å². The average Bonchev–Trinajstić information content (AvgIpc) is 3.17. The third kappa shape index (κ3) is 2.98. The molecular formula is C22H25FN6O. The van der Waals surface area contributed by atoms with E-state index in [1.165, 1.54) is 12.1 Å². The number of nitrogen functional groups attached to an aromatic ring is 1. The molecule has 7 nitrogen and oxygen atoms in total. The number of nitrogens with zero attached hydrogens (tertiary/aromatic N) is 4. The number of carbonyl (C=O) groups is 1. The first kappa shape index (κ1) is 19.1. The maximum atomic E-state index is 13.2. The Labute approximate surface area is 174 Å². The molecule has 1 aliphatic carbocycles. The number of anilines is 2. The number of piperidine rings is 1. The molecule has 2 aliphatic heterocycles. The van der Waals surface area contributed by atoms with Crippen LogP contribution in [0.3, 0.4) is 0 Å². The second kappa shape index (κ2) is 6.85. The van der Waals surface area contributed by atoms with Crippen LogP contribution in [0, 0.1) is 17.7 Å². The molecule has 5 rings (SSSR count). The predicted octanol–water partition coefficient (Wildman–Crippen LogP) is 1.72. The lowest BCUT2D eigenvalue weighted by Gasteiger charge is -2.43. The van der Waals surface area contributed by atoms with Gasteiger partial charge in [0.25, 0.3) is 0 Å². The van der Waals surface area contributed by atoms with Crippen LogP contribution in [0.15, 0.2) is 41.4 Å². The number of halogens is 1. The number of rotatable bonds is 5. The number of fused-ring (bicyclic) bond motifs is 1. The number of nitrogens with one attached hydrogen (secondary N) is 1. The number of nitrogens with two attached hydrogens (primary N) is 1. The van der Waals surface area contributed by atoms with Crippen molar-refractivity contribution in [2.75, 3.05) is 44.3 Å². The Hall–Kier alpha value is -2.84. The van der Waals surface area contributed by atoms with Crippen LogP contribution >= 0.6 is 0 Å². The van der Waals surface area contributed by atoms with Gasteiger partial charge in [-0.05, 0) is 50.2 Å². The topological polar surface area (TPSA) is 86.8 Å². The SMILES string of the molecule is C=N[C@]12CN(C3CN(C)C3)C[C@H]1C2C(=O)Nc1nc(-c2ccc(F)cc2)ccc1N. The molecule has 2 aromatic rings. The Balaban J connectivity index is 1.30. The van der Waals surface area contributed by atoms with Crippen molar-refractivity contribution >= 4 is 24.1 Å². The number of amides is 1. The van der Waals surface area contributed by atoms with E-state index in [0.717, 1.165) is 31.7 Å². The van der Waals surface area contributed by atoms with Gasteiger partial charge in [-0.15, -0.1) is 0 Å². The molecule has 156 valence electrons. The van der Waals surface area contributed by atoms with Gasteiger partial charge < -0.3 is 16.0 Å². The Morgan fingerprint density at radius 1 is 1.27 bits per heavy atom. The lowest BCUT2D eigenvalue weighted by molar-refractivity contribution is -0.118. The number of likely N-dealkylation sites (N-methyl/N-ethyl adjacent to an activating group) is 1. The summed E-state index contributed by atoms with van der Waals surface area (Å²) in [5.41, 5.74) is 7.41. The molecule has 0 radical (unpaired) electrons. The van der Waals surface area contributed by atoms with Gasteiger partial charge in [-0.25, -0.2) is 9.37 Å². The van der Waals surface area contributed by atoms with Crippen LogP contribution < -0.4 is 11.1 Å². The molecule has 1 unspecified atom stereocenters. The molecule has 8 heteroatoms. The molecule has 1 aromatic heterocycles. The Kier molecular flexibility index (Phi) is 4.37. The van der Waals surface area contributed by atoms with Crippen molar-refractivity contribution in [2.24, 2.45) is 16.8 Å². The molecule has 0 bridgehead atoms. The average molecular weight is 408 g/mol. The van der Waals surface area contributed by atoms with Crippen LogP contribution in [0.1, 0.15) is 0 Å². The van der Waals surface area contributed by atoms with Gasteiger partial charge in [0.1, 0.15) is 5.82 Å². The third-order valence-electron chi connectivity index (χ3n) is 6.81. The van der Waals surface area contributed by atoms with E-state index < -0.39 is 5.54 Å². The first-order valence-corrected chi connectivity index (χ1v) is 10.1. The number of hydrogen-bond acceptors (Lipinski definition) is 6. The van der Waals surface area contributed by atoms with Gasteiger partial charge in [-0.2, -0.15) is 0 Å². The van der Waals surface area contributed by atoms with E-state index in [4.69, 9.17) is 5.73 Å². The van der Waals surface area contributed by atoms with E-state index in [2.05, 4.69) is 38.9 Å². The Morgan fingerprint density at radius 2 is 2.00 bits per heavy atom. The summed E-state index contributed by atoms with van der Waals surface area (Å²) < 4.78 is 13.2. The minimum Gasteiger partial charge on any atom is -0.396 e. The van der Waals surface area contributed by atoms with Crippen molar-refractivity contribution < 1.29 is 9.18 Å². The predicted molar refractivity (Wildman–Crippen MR) is 115 cm³/mol. The molecule has 3 aliphatic rings. The van der Waals surface area contributed by atoms with E-state index in [0.29, 0.717) is 23.2 Å². The molecular weight excluding hydrogens is 383 g/mol. The molecule has 1 amide bonds. The first-order chi connectivity index (χ1) is 14.4. The molecule has 3 N–H and O–H groups in total. The first-order valence-electron chi connectivity index (χ1n) is 10.1. The second-order valence-corrected chi connectivity index (χ2v) is 8.67. The highest BCUT2D eigenvalue weighted by molar-refractivity contribution is 5.98. The number of likely N-dealkylation sites (tertiary alicyclic amines) is 2. The van der Waals surface area contributed by atoms with Gasteiger partial charge in [-0.3, -0.25) is 14.7 Å². The zero-order chi connectivity index (χ0) is 21.0. The maximum Gasteiger partial charge on any atom is 0.231 e. The standard InChI is InChI=1S/C22H25FN6O/c1-25-22-12-29(15-9-28(2)10-15)11-16(22)19(22)21(30)27-20-17(24)7-8-18(26-20)13-3-5-14(23)6-4-13/h3-8,15-16,19H,1,9-12,24H2,2H3,(H,26,27,30)/t16-,19?,22+/m0/s1. The van der Waals surface area contributed by atoms with Gasteiger partial charge in [-0.1, -0.05) is 0 Å². The van der Waals surface area contributed by atoms with E-state index in [9.17, 15) is 9.18 Å². The highest BCUT2D eigenvalue weighted by Crippen LogP contribution is 2.59. The van der Waals surface area contributed by atoms with Gasteiger partial charge in [0.2, 0.25) is 5.91 Å². The Morgan fingerprint density at radius 3 is 2.63 bits per heavy atom. The summed E-state index contributed by atoms with van der Waals surface area (Å²) in [6, 6.07) is 10.1. The maximum absolute atomic E-state index is 13.2. The lowest BCUT2D eigenvalue weighted by Crippen LogP contribution is -2.58. The largest absolute Gasteiger partial charge is 0.396 e. The van der Waals surface area contributed by atoms with Crippen molar-refractivity contribution in [3.8, 4) is 11.3 Å². The number of pyridine rings is 1. The van der Waals surface area contributed by atoms with E-state index >= 15 is 0 Å². The summed E-state index contributed by atoms with van der Waals surface area (Å²) in [6.07, 6.45) is 0. The quantitative estimate of drug-likeness (QED) is 0.736. The smallest absolute Gasteiger partial charge is 0.231 e. The van der Waals surface area contributed by atoms with Gasteiger partial charge in [0.05, 0.1) is 22.8 Å². The molecule has 3 heterocycles.